The Labute approximate surface area is 174 Å². The van der Waals surface area contributed by atoms with Gasteiger partial charge in [0.1, 0.15) is 18.1 Å². The molecule has 3 N–H and O–H groups in total. The normalized spacial score (nSPS) is 14.8. The Kier molecular flexibility index (Phi) is 7.14. The minimum Gasteiger partial charge on any atom is -0.508 e. The topological polar surface area (TPSA) is 87.7 Å². The maximum atomic E-state index is 11.3. The number of aryl methyl sites for hydroxylation is 2. The number of carbonyl (C=O) groups excluding carboxylic acids is 2. The van der Waals surface area contributed by atoms with Gasteiger partial charge >= 0.3 is 0 Å². The van der Waals surface area contributed by atoms with Gasteiger partial charge in [0.25, 0.3) is 0 Å². The van der Waals surface area contributed by atoms with Crippen LogP contribution in [0.2, 0.25) is 0 Å². The van der Waals surface area contributed by atoms with E-state index in [1.54, 1.807) is 12.1 Å². The molecule has 2 aliphatic rings. The molecule has 6 nitrogen and oxygen atoms in total. The molecule has 2 aliphatic heterocycles. The van der Waals surface area contributed by atoms with Crippen LogP contribution in [0.15, 0.2) is 48.6 Å². The molecule has 2 amide bonds. The van der Waals surface area contributed by atoms with E-state index in [2.05, 4.69) is 10.6 Å². The van der Waals surface area contributed by atoms with Gasteiger partial charge in [0.05, 0.1) is 0 Å². The number of aromatic hydroxyl groups is 1. The summed E-state index contributed by atoms with van der Waals surface area (Å²) in [6, 6.07) is 10.8. The van der Waals surface area contributed by atoms with Gasteiger partial charge < -0.3 is 20.5 Å². The first kappa shape index (κ1) is 20.7. The predicted molar refractivity (Wildman–Crippen MR) is 114 cm³/mol. The Hall–Kier alpha value is -2.99. The maximum absolute atomic E-state index is 11.3. The Bertz CT molecular complexity index is 927. The van der Waals surface area contributed by atoms with Gasteiger partial charge in [0, 0.05) is 42.2 Å². The first-order valence-corrected chi connectivity index (χ1v) is 9.97. The van der Waals surface area contributed by atoms with Gasteiger partial charge in [0.15, 0.2) is 0 Å². The third kappa shape index (κ3) is 5.99. The summed E-state index contributed by atoms with van der Waals surface area (Å²) in [6.45, 7) is 0.486. The zero-order valence-electron chi connectivity index (χ0n) is 15.9. The summed E-state index contributed by atoms with van der Waals surface area (Å²) in [7, 11) is 0. The molecule has 0 bridgehead atoms. The lowest BCUT2D eigenvalue weighted by Crippen LogP contribution is -2.18. The molecule has 7 heteroatoms. The molecule has 152 valence electrons. The third-order valence-corrected chi connectivity index (χ3v) is 4.75. The fourth-order valence-electron chi connectivity index (χ4n) is 3.08. The monoisotopic (exact) mass is 414 g/mol. The molecule has 0 atom stereocenters. The first-order valence-electron chi connectivity index (χ1n) is 9.43. The lowest BCUT2D eigenvalue weighted by molar-refractivity contribution is -0.117. The Balaban J connectivity index is 0.000000176. The van der Waals surface area contributed by atoms with Crippen molar-refractivity contribution < 1.29 is 19.4 Å². The zero-order valence-corrected chi connectivity index (χ0v) is 16.7. The summed E-state index contributed by atoms with van der Waals surface area (Å²) < 4.78 is 5.51. The number of allylic oxidation sites excluding steroid dienone is 1. The van der Waals surface area contributed by atoms with E-state index in [4.69, 9.17) is 21.4 Å². The van der Waals surface area contributed by atoms with Crippen LogP contribution in [0.5, 0.6) is 11.5 Å². The van der Waals surface area contributed by atoms with E-state index in [1.165, 1.54) is 0 Å². The number of phenolic OH excluding ortho intramolecular Hbond substituents is 1. The number of hydrogen-bond acceptors (Lipinski definition) is 4. The number of rotatable bonds is 4. The summed E-state index contributed by atoms with van der Waals surface area (Å²) in [5.41, 5.74) is 3.85. The fraction of sp³-hybridized carbons (Fsp3) is 0.273. The Morgan fingerprint density at radius 2 is 1.52 bits per heavy atom. The summed E-state index contributed by atoms with van der Waals surface area (Å²) in [5, 5.41) is 14.7. The van der Waals surface area contributed by atoms with Gasteiger partial charge in [-0.15, -0.1) is 11.6 Å². The number of nitrogens with one attached hydrogen (secondary N) is 2. The molecular formula is C22H23ClN2O4. The smallest absolute Gasteiger partial charge is 0.224 e. The highest BCUT2D eigenvalue weighted by Gasteiger charge is 2.15. The van der Waals surface area contributed by atoms with Crippen molar-refractivity contribution in [3.63, 3.8) is 0 Å². The van der Waals surface area contributed by atoms with E-state index in [9.17, 15) is 9.59 Å². The molecule has 0 spiro atoms. The molecule has 29 heavy (non-hydrogen) atoms. The number of alkyl halides is 1. The van der Waals surface area contributed by atoms with Gasteiger partial charge in [-0.1, -0.05) is 24.3 Å². The summed E-state index contributed by atoms with van der Waals surface area (Å²) in [6.07, 6.45) is 6.37. The SMILES string of the molecule is O=C1CCc2ccc(O)cc2N1.O=C1CCc2ccc(OC/C=C\CCl)cc2N1. The van der Waals surface area contributed by atoms with Crippen LogP contribution < -0.4 is 15.4 Å². The van der Waals surface area contributed by atoms with Gasteiger partial charge in [0.2, 0.25) is 11.8 Å². The lowest BCUT2D eigenvalue weighted by Gasteiger charge is -2.17. The Morgan fingerprint density at radius 1 is 0.897 bits per heavy atom. The number of benzene rings is 2. The zero-order chi connectivity index (χ0) is 20.6. The number of amides is 2. The van der Waals surface area contributed by atoms with E-state index < -0.39 is 0 Å². The number of phenols is 1. The van der Waals surface area contributed by atoms with E-state index in [0.29, 0.717) is 25.3 Å². The molecule has 4 rings (SSSR count). The number of hydrogen-bond donors (Lipinski definition) is 3. The third-order valence-electron chi connectivity index (χ3n) is 4.57. The second-order valence-corrected chi connectivity index (χ2v) is 7.00. The van der Waals surface area contributed by atoms with Crippen LogP contribution in [0, 0.1) is 0 Å². The molecule has 0 saturated carbocycles. The van der Waals surface area contributed by atoms with E-state index in [1.807, 2.05) is 36.4 Å². The molecule has 0 aliphatic carbocycles. The quantitative estimate of drug-likeness (QED) is 0.520. The first-order chi connectivity index (χ1) is 14.0. The number of ether oxygens (including phenoxy) is 1. The predicted octanol–water partition coefficient (Wildman–Crippen LogP) is 4.02. The van der Waals surface area contributed by atoms with Crippen LogP contribution in [0.3, 0.4) is 0 Å². The number of fused-ring (bicyclic) bond motifs is 2. The van der Waals surface area contributed by atoms with Crippen molar-refractivity contribution >= 4 is 34.8 Å². The molecule has 0 aromatic heterocycles. The van der Waals surface area contributed by atoms with Crippen LogP contribution >= 0.6 is 11.6 Å². The minimum absolute atomic E-state index is 0.0214. The van der Waals surface area contributed by atoms with Crippen molar-refractivity contribution in [1.82, 2.24) is 0 Å². The van der Waals surface area contributed by atoms with Crippen molar-refractivity contribution in [2.24, 2.45) is 0 Å². The number of carbonyl (C=O) groups is 2. The molecule has 2 heterocycles. The van der Waals surface area contributed by atoms with E-state index >= 15 is 0 Å². The van der Waals surface area contributed by atoms with E-state index in [0.717, 1.165) is 41.1 Å². The van der Waals surface area contributed by atoms with Crippen LogP contribution in [0.1, 0.15) is 24.0 Å². The highest BCUT2D eigenvalue weighted by atomic mass is 35.5. The molecule has 0 saturated heterocycles. The molecule has 0 radical (unpaired) electrons. The standard InChI is InChI=1S/C13H14ClNO2.C9H9NO2/c14-7-1-2-8-17-11-5-3-10-4-6-13(16)15-12(10)9-11;11-7-3-1-6-2-4-9(12)10-8(6)5-7/h1-3,5,9H,4,6-8H2,(H,15,16);1,3,5,11H,2,4H2,(H,10,12)/b2-1-;. The van der Waals surface area contributed by atoms with Crippen molar-refractivity contribution in [2.75, 3.05) is 23.1 Å². The van der Waals surface area contributed by atoms with E-state index in [-0.39, 0.29) is 17.6 Å². The highest BCUT2D eigenvalue weighted by molar-refractivity contribution is 6.18. The number of anilines is 2. The van der Waals surface area contributed by atoms with Crippen LogP contribution in [-0.4, -0.2) is 29.4 Å². The summed E-state index contributed by atoms with van der Waals surface area (Å²) in [4.78, 5) is 22.2. The fourth-order valence-corrected chi connectivity index (χ4v) is 3.20. The average molecular weight is 415 g/mol. The van der Waals surface area contributed by atoms with Crippen molar-refractivity contribution in [1.29, 1.82) is 0 Å². The van der Waals surface area contributed by atoms with Crippen molar-refractivity contribution in [2.45, 2.75) is 25.7 Å². The summed E-state index contributed by atoms with van der Waals surface area (Å²) in [5.74, 6) is 1.52. The lowest BCUT2D eigenvalue weighted by atomic mass is 10.0. The van der Waals surface area contributed by atoms with Gasteiger partial charge in [-0.05, 0) is 36.1 Å². The van der Waals surface area contributed by atoms with Crippen LogP contribution in [0.4, 0.5) is 11.4 Å². The minimum atomic E-state index is 0.0214. The molecule has 0 unspecified atom stereocenters. The van der Waals surface area contributed by atoms with Gasteiger partial charge in [-0.3, -0.25) is 9.59 Å². The van der Waals surface area contributed by atoms with Gasteiger partial charge in [-0.25, -0.2) is 0 Å². The maximum Gasteiger partial charge on any atom is 0.224 e. The van der Waals surface area contributed by atoms with Gasteiger partial charge in [-0.2, -0.15) is 0 Å². The van der Waals surface area contributed by atoms with Crippen molar-refractivity contribution in [3.8, 4) is 11.5 Å². The molecular weight excluding hydrogens is 392 g/mol. The second kappa shape index (κ2) is 9.98. The largest absolute Gasteiger partial charge is 0.508 e. The average Bonchev–Trinajstić information content (AvgIpc) is 2.71. The number of halogens is 1. The molecule has 0 fully saturated rings. The van der Waals surface area contributed by atoms with Crippen LogP contribution in [0.25, 0.3) is 0 Å². The molecule has 2 aromatic rings. The van der Waals surface area contributed by atoms with Crippen molar-refractivity contribution in [3.05, 3.63) is 59.7 Å². The highest BCUT2D eigenvalue weighted by Crippen LogP contribution is 2.27. The molecule has 2 aromatic carbocycles. The summed E-state index contributed by atoms with van der Waals surface area (Å²) >= 11 is 5.50. The Morgan fingerprint density at radius 3 is 2.17 bits per heavy atom. The second-order valence-electron chi connectivity index (χ2n) is 6.69. The van der Waals surface area contributed by atoms with Crippen LogP contribution in [-0.2, 0) is 22.4 Å².